The molecule has 0 saturated heterocycles. The van der Waals surface area contributed by atoms with Gasteiger partial charge in [0.1, 0.15) is 5.75 Å². The van der Waals surface area contributed by atoms with Gasteiger partial charge in [0.15, 0.2) is 11.6 Å². The number of para-hydroxylation sites is 1. The number of hydrogen-bond donors (Lipinski definition) is 3. The van der Waals surface area contributed by atoms with Crippen LogP contribution in [0, 0.1) is 10.1 Å². The molecule has 0 atom stereocenters. The molecular formula is C18H14N8O5. The number of hydrogen-bond acceptors (Lipinski definition) is 12. The molecule has 0 amide bonds. The van der Waals surface area contributed by atoms with Crippen molar-refractivity contribution < 1.29 is 19.4 Å². The summed E-state index contributed by atoms with van der Waals surface area (Å²) in [4.78, 5) is 18.8. The Morgan fingerprint density at radius 3 is 2.52 bits per heavy atom. The second-order valence-corrected chi connectivity index (χ2v) is 6.03. The molecule has 0 unspecified atom stereocenters. The molecule has 0 aliphatic carbocycles. The number of nitrogens with zero attached hydrogens (tertiary/aromatic N) is 6. The number of aromatic nitrogens is 4. The number of aromatic hydroxyl groups is 1. The summed E-state index contributed by atoms with van der Waals surface area (Å²) in [6.07, 6.45) is 1.21. The second kappa shape index (κ2) is 8.28. The third-order valence-corrected chi connectivity index (χ3v) is 4.08. The van der Waals surface area contributed by atoms with E-state index in [1.807, 2.05) is 0 Å². The third-order valence-electron chi connectivity index (χ3n) is 4.08. The first kappa shape index (κ1) is 19.5. The number of methoxy groups -OCH3 is 1. The first-order chi connectivity index (χ1) is 15.0. The van der Waals surface area contributed by atoms with Crippen LogP contribution in [0.5, 0.6) is 11.5 Å². The van der Waals surface area contributed by atoms with Crippen LogP contribution in [0.2, 0.25) is 0 Å². The van der Waals surface area contributed by atoms with Crippen molar-refractivity contribution in [3.63, 3.8) is 0 Å². The van der Waals surface area contributed by atoms with Crippen molar-refractivity contribution in [1.82, 2.24) is 20.3 Å². The molecule has 2 heterocycles. The lowest BCUT2D eigenvalue weighted by Gasteiger charge is -2.10. The number of phenols is 1. The fourth-order valence-corrected chi connectivity index (χ4v) is 2.58. The van der Waals surface area contributed by atoms with Crippen LogP contribution in [0.4, 0.5) is 23.0 Å². The fourth-order valence-electron chi connectivity index (χ4n) is 2.58. The molecule has 2 aromatic carbocycles. The number of phenolic OH excluding ortho intramolecular Hbond substituents is 1. The van der Waals surface area contributed by atoms with Gasteiger partial charge >= 0.3 is 5.69 Å². The number of ether oxygens (including phenoxy) is 1. The minimum atomic E-state index is -0.687. The van der Waals surface area contributed by atoms with Gasteiger partial charge in [-0.1, -0.05) is 6.07 Å². The minimum absolute atomic E-state index is 0.142. The van der Waals surface area contributed by atoms with E-state index < -0.39 is 16.4 Å². The largest absolute Gasteiger partial charge is 0.502 e. The smallest absolute Gasteiger partial charge is 0.311 e. The van der Waals surface area contributed by atoms with E-state index in [1.165, 1.54) is 24.4 Å². The number of hydrazone groups is 1. The molecule has 2 aromatic heterocycles. The molecule has 0 fully saturated rings. The van der Waals surface area contributed by atoms with Gasteiger partial charge in [-0.2, -0.15) is 10.1 Å². The molecule has 0 saturated carbocycles. The van der Waals surface area contributed by atoms with Crippen molar-refractivity contribution in [2.24, 2.45) is 5.10 Å². The lowest BCUT2D eigenvalue weighted by Crippen LogP contribution is -2.03. The van der Waals surface area contributed by atoms with Gasteiger partial charge < -0.3 is 15.2 Å². The average Bonchev–Trinajstić information content (AvgIpc) is 3.22. The summed E-state index contributed by atoms with van der Waals surface area (Å²) in [5, 5.41) is 35.4. The van der Waals surface area contributed by atoms with Gasteiger partial charge in [-0.25, -0.2) is 9.61 Å². The van der Waals surface area contributed by atoms with Gasteiger partial charge in [-0.05, 0) is 40.6 Å². The lowest BCUT2D eigenvalue weighted by molar-refractivity contribution is -0.385. The number of benzene rings is 2. The van der Waals surface area contributed by atoms with E-state index in [0.29, 0.717) is 11.4 Å². The van der Waals surface area contributed by atoms with Crippen molar-refractivity contribution >= 4 is 40.5 Å². The zero-order valence-corrected chi connectivity index (χ0v) is 15.9. The molecule has 156 valence electrons. The molecule has 0 spiro atoms. The van der Waals surface area contributed by atoms with Crippen LogP contribution in [0.25, 0.3) is 11.3 Å². The Balaban J connectivity index is 1.62. The molecule has 13 nitrogen and oxygen atoms in total. The van der Waals surface area contributed by atoms with Crippen molar-refractivity contribution in [2.75, 3.05) is 17.9 Å². The van der Waals surface area contributed by atoms with E-state index in [0.717, 1.165) is 0 Å². The van der Waals surface area contributed by atoms with E-state index in [4.69, 9.17) is 4.74 Å². The minimum Gasteiger partial charge on any atom is -0.502 e. The van der Waals surface area contributed by atoms with Gasteiger partial charge in [0.25, 0.3) is 0 Å². The zero-order chi connectivity index (χ0) is 21.8. The Labute approximate surface area is 173 Å². The summed E-state index contributed by atoms with van der Waals surface area (Å²) in [6.45, 7) is 0. The predicted molar refractivity (Wildman–Crippen MR) is 110 cm³/mol. The quantitative estimate of drug-likeness (QED) is 0.227. The van der Waals surface area contributed by atoms with E-state index >= 15 is 0 Å². The maximum atomic E-state index is 11.0. The molecule has 0 bridgehead atoms. The number of fused-ring (bicyclic) bond motifs is 1. The third kappa shape index (κ3) is 4.14. The molecule has 3 N–H and O–H groups in total. The first-order valence-corrected chi connectivity index (χ1v) is 8.72. The summed E-state index contributed by atoms with van der Waals surface area (Å²) in [5.41, 5.74) is 3.41. The molecule has 0 aliphatic rings. The second-order valence-electron chi connectivity index (χ2n) is 6.03. The summed E-state index contributed by atoms with van der Waals surface area (Å²) in [6, 6.07) is 11.2. The monoisotopic (exact) mass is 422 g/mol. The summed E-state index contributed by atoms with van der Waals surface area (Å²) in [7, 11) is 1.57. The first-order valence-electron chi connectivity index (χ1n) is 8.72. The van der Waals surface area contributed by atoms with Gasteiger partial charge in [-0.3, -0.25) is 15.5 Å². The highest BCUT2D eigenvalue weighted by molar-refractivity contribution is 5.86. The maximum absolute atomic E-state index is 11.0. The van der Waals surface area contributed by atoms with Crippen LogP contribution < -0.4 is 15.5 Å². The van der Waals surface area contributed by atoms with E-state index in [1.54, 1.807) is 31.4 Å². The molecule has 0 aliphatic heterocycles. The van der Waals surface area contributed by atoms with Crippen LogP contribution in [-0.4, -0.2) is 43.6 Å². The van der Waals surface area contributed by atoms with Gasteiger partial charge in [-0.15, -0.1) is 0 Å². The molecule has 31 heavy (non-hydrogen) atoms. The highest BCUT2D eigenvalue weighted by atomic mass is 16.6. The van der Waals surface area contributed by atoms with Crippen molar-refractivity contribution in [3.8, 4) is 11.5 Å². The molecule has 0 radical (unpaired) electrons. The highest BCUT2D eigenvalue weighted by Gasteiger charge is 2.16. The van der Waals surface area contributed by atoms with Gasteiger partial charge in [0, 0.05) is 17.3 Å². The average molecular weight is 422 g/mol. The molecule has 4 rings (SSSR count). The van der Waals surface area contributed by atoms with Crippen molar-refractivity contribution in [2.45, 2.75) is 0 Å². The van der Waals surface area contributed by atoms with Crippen LogP contribution in [0.1, 0.15) is 5.56 Å². The highest BCUT2D eigenvalue weighted by Crippen LogP contribution is 2.28. The van der Waals surface area contributed by atoms with Crippen molar-refractivity contribution in [1.29, 1.82) is 0 Å². The Kier molecular flexibility index (Phi) is 5.21. The number of nitro benzene ring substituents is 1. The van der Waals surface area contributed by atoms with E-state index in [9.17, 15) is 15.2 Å². The van der Waals surface area contributed by atoms with Gasteiger partial charge in [0.2, 0.25) is 17.0 Å². The Morgan fingerprint density at radius 1 is 1.13 bits per heavy atom. The van der Waals surface area contributed by atoms with Crippen LogP contribution in [0.15, 0.2) is 52.2 Å². The SMILES string of the molecule is COc1ccc(Nc2nc3nonc3nc2N/N=C/c2cccc([N+](=O)[O-])c2O)cc1. The van der Waals surface area contributed by atoms with Gasteiger partial charge in [0.05, 0.1) is 18.2 Å². The standard InChI is InChI=1S/C18H14N8O5/c1-30-12-7-5-11(6-8-12)20-15-16(22-18-17(21-15)24-31-25-18)23-19-9-10-3-2-4-13(14(10)27)26(28)29/h2-9,27H,1H3,(H,20,21,24)(H,22,23,25)/b19-9+. The lowest BCUT2D eigenvalue weighted by atomic mass is 10.2. The predicted octanol–water partition coefficient (Wildman–Crippen LogP) is 2.82. The summed E-state index contributed by atoms with van der Waals surface area (Å²) in [5.74, 6) is 0.637. The maximum Gasteiger partial charge on any atom is 0.311 e. The van der Waals surface area contributed by atoms with Crippen LogP contribution >= 0.6 is 0 Å². The van der Waals surface area contributed by atoms with Crippen LogP contribution in [0.3, 0.4) is 0 Å². The van der Waals surface area contributed by atoms with E-state index in [2.05, 4.69) is 40.8 Å². The van der Waals surface area contributed by atoms with E-state index in [-0.39, 0.29) is 28.5 Å². The van der Waals surface area contributed by atoms with Crippen molar-refractivity contribution in [3.05, 3.63) is 58.1 Å². The van der Waals surface area contributed by atoms with Crippen LogP contribution in [-0.2, 0) is 0 Å². The number of rotatable bonds is 7. The number of nitro groups is 1. The summed E-state index contributed by atoms with van der Waals surface area (Å²) < 4.78 is 9.79. The number of nitrogens with one attached hydrogen (secondary N) is 2. The normalized spacial score (nSPS) is 11.0. The molecule has 4 aromatic rings. The molecule has 13 heteroatoms. The Morgan fingerprint density at radius 2 is 1.84 bits per heavy atom. The fraction of sp³-hybridized carbons (Fsp3) is 0.0556. The number of anilines is 3. The topological polar surface area (TPSA) is 174 Å². The Bertz CT molecular complexity index is 1270. The zero-order valence-electron chi connectivity index (χ0n) is 15.9. The summed E-state index contributed by atoms with van der Waals surface area (Å²) >= 11 is 0. The molecular weight excluding hydrogens is 408 g/mol. The Hall–Kier alpha value is -4.81.